The van der Waals surface area contributed by atoms with Crippen molar-refractivity contribution in [2.24, 2.45) is 0 Å². The standard InChI is InChI=1S/C10H12F3NO/c1-14(6-9(12)13)5-7-3-2-4-8(11)10(7)15/h2-4,9,15H,5-6H2,1H3. The van der Waals surface area contributed by atoms with E-state index in [2.05, 4.69) is 0 Å². The third-order valence-corrected chi connectivity index (χ3v) is 1.96. The van der Waals surface area contributed by atoms with Crippen molar-refractivity contribution in [2.75, 3.05) is 13.6 Å². The number of rotatable bonds is 4. The van der Waals surface area contributed by atoms with Gasteiger partial charge in [0.25, 0.3) is 6.43 Å². The first-order valence-electron chi connectivity index (χ1n) is 4.43. The molecule has 0 saturated heterocycles. The first-order chi connectivity index (χ1) is 7.00. The van der Waals surface area contributed by atoms with E-state index in [0.29, 0.717) is 5.56 Å². The number of aromatic hydroxyl groups is 1. The minimum Gasteiger partial charge on any atom is -0.505 e. The highest BCUT2D eigenvalue weighted by molar-refractivity contribution is 5.33. The van der Waals surface area contributed by atoms with Gasteiger partial charge in [0, 0.05) is 12.1 Å². The minimum atomic E-state index is -2.44. The van der Waals surface area contributed by atoms with Crippen molar-refractivity contribution in [3.05, 3.63) is 29.6 Å². The van der Waals surface area contributed by atoms with Gasteiger partial charge in [-0.05, 0) is 13.1 Å². The number of hydrogen-bond acceptors (Lipinski definition) is 2. The molecule has 15 heavy (non-hydrogen) atoms. The molecule has 1 aromatic rings. The molecule has 0 heterocycles. The molecule has 5 heteroatoms. The van der Waals surface area contributed by atoms with Gasteiger partial charge in [0.15, 0.2) is 11.6 Å². The van der Waals surface area contributed by atoms with E-state index in [1.54, 1.807) is 0 Å². The number of hydrogen-bond donors (Lipinski definition) is 1. The van der Waals surface area contributed by atoms with Gasteiger partial charge in [0.1, 0.15) is 0 Å². The van der Waals surface area contributed by atoms with E-state index in [-0.39, 0.29) is 6.54 Å². The Bertz CT molecular complexity index is 330. The second-order valence-corrected chi connectivity index (χ2v) is 3.34. The summed E-state index contributed by atoms with van der Waals surface area (Å²) in [4.78, 5) is 1.32. The van der Waals surface area contributed by atoms with Crippen molar-refractivity contribution < 1.29 is 18.3 Å². The first kappa shape index (κ1) is 11.8. The van der Waals surface area contributed by atoms with Crippen molar-refractivity contribution in [1.82, 2.24) is 4.90 Å². The summed E-state index contributed by atoms with van der Waals surface area (Å²) < 4.78 is 36.9. The van der Waals surface area contributed by atoms with Crippen LogP contribution in [0.5, 0.6) is 5.75 Å². The van der Waals surface area contributed by atoms with Gasteiger partial charge in [0.2, 0.25) is 0 Å². The van der Waals surface area contributed by atoms with Gasteiger partial charge in [0.05, 0.1) is 6.54 Å². The third-order valence-electron chi connectivity index (χ3n) is 1.96. The van der Waals surface area contributed by atoms with Gasteiger partial charge >= 0.3 is 0 Å². The maximum Gasteiger partial charge on any atom is 0.251 e. The summed E-state index contributed by atoms with van der Waals surface area (Å²) in [5.74, 6) is -1.21. The largest absolute Gasteiger partial charge is 0.505 e. The molecule has 2 nitrogen and oxygen atoms in total. The fourth-order valence-corrected chi connectivity index (χ4v) is 1.28. The maximum absolute atomic E-state index is 12.9. The molecule has 84 valence electrons. The van der Waals surface area contributed by atoms with Crippen molar-refractivity contribution in [2.45, 2.75) is 13.0 Å². The fourth-order valence-electron chi connectivity index (χ4n) is 1.28. The zero-order valence-corrected chi connectivity index (χ0v) is 8.25. The van der Waals surface area contributed by atoms with Crippen LogP contribution in [0.3, 0.4) is 0 Å². The fraction of sp³-hybridized carbons (Fsp3) is 0.400. The van der Waals surface area contributed by atoms with Crippen LogP contribution in [-0.4, -0.2) is 30.0 Å². The first-order valence-corrected chi connectivity index (χ1v) is 4.43. The van der Waals surface area contributed by atoms with Crippen LogP contribution >= 0.6 is 0 Å². The Balaban J connectivity index is 2.68. The van der Waals surface area contributed by atoms with Crippen LogP contribution < -0.4 is 0 Å². The van der Waals surface area contributed by atoms with Gasteiger partial charge in [-0.3, -0.25) is 4.90 Å². The molecular formula is C10H12F3NO. The number of phenolic OH excluding ortho intramolecular Hbond substituents is 1. The monoisotopic (exact) mass is 219 g/mol. The molecule has 1 N–H and O–H groups in total. The molecule has 0 aliphatic heterocycles. The number of benzene rings is 1. The van der Waals surface area contributed by atoms with Gasteiger partial charge in [-0.1, -0.05) is 12.1 Å². The lowest BCUT2D eigenvalue weighted by molar-refractivity contribution is 0.0971. The minimum absolute atomic E-state index is 0.0912. The highest BCUT2D eigenvalue weighted by Gasteiger charge is 2.11. The van der Waals surface area contributed by atoms with Crippen LogP contribution in [0.15, 0.2) is 18.2 Å². The average Bonchev–Trinajstić information content (AvgIpc) is 2.11. The molecule has 0 aliphatic rings. The van der Waals surface area contributed by atoms with Crippen LogP contribution in [-0.2, 0) is 6.54 Å². The lowest BCUT2D eigenvalue weighted by Crippen LogP contribution is -2.24. The van der Waals surface area contributed by atoms with E-state index in [1.807, 2.05) is 0 Å². The van der Waals surface area contributed by atoms with Crippen LogP contribution in [0.2, 0.25) is 0 Å². The smallest absolute Gasteiger partial charge is 0.251 e. The molecule has 0 spiro atoms. The Morgan fingerprint density at radius 3 is 2.67 bits per heavy atom. The highest BCUT2D eigenvalue weighted by Crippen LogP contribution is 2.21. The third kappa shape index (κ3) is 3.43. The molecule has 0 atom stereocenters. The molecule has 0 radical (unpaired) electrons. The number of nitrogens with zero attached hydrogens (tertiary/aromatic N) is 1. The Morgan fingerprint density at radius 2 is 2.07 bits per heavy atom. The van der Waals surface area contributed by atoms with E-state index in [4.69, 9.17) is 0 Å². The number of halogens is 3. The van der Waals surface area contributed by atoms with Crippen molar-refractivity contribution in [1.29, 1.82) is 0 Å². The number of phenols is 1. The van der Waals surface area contributed by atoms with Gasteiger partial charge < -0.3 is 5.11 Å². The van der Waals surface area contributed by atoms with E-state index in [9.17, 15) is 18.3 Å². The van der Waals surface area contributed by atoms with Crippen LogP contribution in [0.4, 0.5) is 13.2 Å². The van der Waals surface area contributed by atoms with Crippen molar-refractivity contribution in [3.63, 3.8) is 0 Å². The Hall–Kier alpha value is -1.23. The Kier molecular flexibility index (Phi) is 3.96. The predicted octanol–water partition coefficient (Wildman–Crippen LogP) is 2.23. The second kappa shape index (κ2) is 5.02. The van der Waals surface area contributed by atoms with Crippen LogP contribution in [0.1, 0.15) is 5.56 Å². The average molecular weight is 219 g/mol. The summed E-state index contributed by atoms with van der Waals surface area (Å²) in [5.41, 5.74) is 0.304. The van der Waals surface area contributed by atoms with E-state index in [1.165, 1.54) is 24.1 Å². The van der Waals surface area contributed by atoms with E-state index >= 15 is 0 Å². The van der Waals surface area contributed by atoms with Gasteiger partial charge in [-0.25, -0.2) is 13.2 Å². The molecule has 0 aromatic heterocycles. The molecule has 0 aliphatic carbocycles. The molecule has 0 saturated carbocycles. The molecule has 0 fully saturated rings. The lowest BCUT2D eigenvalue weighted by atomic mass is 10.2. The number of alkyl halides is 2. The summed E-state index contributed by atoms with van der Waals surface area (Å²) in [6.07, 6.45) is -2.44. The Morgan fingerprint density at radius 1 is 1.40 bits per heavy atom. The molecule has 0 unspecified atom stereocenters. The van der Waals surface area contributed by atoms with Gasteiger partial charge in [-0.2, -0.15) is 0 Å². The second-order valence-electron chi connectivity index (χ2n) is 3.34. The lowest BCUT2D eigenvalue weighted by Gasteiger charge is -2.16. The topological polar surface area (TPSA) is 23.5 Å². The summed E-state index contributed by atoms with van der Waals surface area (Å²) in [7, 11) is 1.48. The van der Waals surface area contributed by atoms with E-state index < -0.39 is 24.5 Å². The van der Waals surface area contributed by atoms with Crippen molar-refractivity contribution in [3.8, 4) is 5.75 Å². The zero-order chi connectivity index (χ0) is 11.4. The highest BCUT2D eigenvalue weighted by atomic mass is 19.3. The van der Waals surface area contributed by atoms with Crippen molar-refractivity contribution >= 4 is 0 Å². The molecular weight excluding hydrogens is 207 g/mol. The Labute approximate surface area is 85.9 Å². The van der Waals surface area contributed by atoms with E-state index in [0.717, 1.165) is 6.07 Å². The summed E-state index contributed by atoms with van der Waals surface area (Å²) >= 11 is 0. The number of para-hydroxylation sites is 1. The molecule has 1 aromatic carbocycles. The van der Waals surface area contributed by atoms with Gasteiger partial charge in [-0.15, -0.1) is 0 Å². The summed E-state index contributed by atoms with van der Waals surface area (Å²) in [6, 6.07) is 4.05. The summed E-state index contributed by atoms with van der Waals surface area (Å²) in [5, 5.41) is 9.29. The zero-order valence-electron chi connectivity index (χ0n) is 8.25. The molecule has 1 rings (SSSR count). The summed E-state index contributed by atoms with van der Waals surface area (Å²) in [6.45, 7) is -0.316. The SMILES string of the molecule is CN(Cc1cccc(F)c1O)CC(F)F. The van der Waals surface area contributed by atoms with Crippen LogP contribution in [0, 0.1) is 5.82 Å². The predicted molar refractivity (Wildman–Crippen MR) is 50.4 cm³/mol. The molecule has 0 bridgehead atoms. The van der Waals surface area contributed by atoms with Crippen LogP contribution in [0.25, 0.3) is 0 Å². The maximum atomic E-state index is 12.9. The quantitative estimate of drug-likeness (QED) is 0.839. The molecule has 0 amide bonds. The normalized spacial score (nSPS) is 11.3.